The van der Waals surface area contributed by atoms with Gasteiger partial charge in [0.05, 0.1) is 15.5 Å². The van der Waals surface area contributed by atoms with Crippen LogP contribution in [-0.4, -0.2) is 4.92 Å². The van der Waals surface area contributed by atoms with E-state index in [9.17, 15) is 14.5 Å². The molecule has 6 heteroatoms. The molecule has 4 nitrogen and oxygen atoms in total. The predicted molar refractivity (Wildman–Crippen MR) is 79.8 cm³/mol. The van der Waals surface area contributed by atoms with Crippen LogP contribution in [0, 0.1) is 15.9 Å². The molecule has 0 aliphatic rings. The zero-order chi connectivity index (χ0) is 15.4. The number of benzene rings is 2. The van der Waals surface area contributed by atoms with E-state index in [0.29, 0.717) is 16.1 Å². The van der Waals surface area contributed by atoms with Gasteiger partial charge < -0.3 is 5.32 Å². The molecule has 0 fully saturated rings. The lowest BCUT2D eigenvalue weighted by Crippen LogP contribution is -2.20. The van der Waals surface area contributed by atoms with Gasteiger partial charge in [0.1, 0.15) is 5.82 Å². The molecule has 2 aromatic rings. The fourth-order valence-corrected chi connectivity index (χ4v) is 2.32. The van der Waals surface area contributed by atoms with Gasteiger partial charge in [0.25, 0.3) is 5.69 Å². The van der Waals surface area contributed by atoms with Gasteiger partial charge in [0, 0.05) is 24.2 Å². The highest BCUT2D eigenvalue weighted by Gasteiger charge is 2.18. The van der Waals surface area contributed by atoms with Gasteiger partial charge >= 0.3 is 0 Å². The lowest BCUT2D eigenvalue weighted by Gasteiger charge is -2.15. The molecular formula is C15H14ClFN2O2. The highest BCUT2D eigenvalue weighted by atomic mass is 35.5. The van der Waals surface area contributed by atoms with Crippen molar-refractivity contribution in [1.82, 2.24) is 5.32 Å². The predicted octanol–water partition coefficient (Wildman–Crippen LogP) is 4.24. The van der Waals surface area contributed by atoms with Crippen LogP contribution in [0.2, 0.25) is 5.02 Å². The molecule has 0 heterocycles. The molecule has 0 saturated carbocycles. The molecule has 110 valence electrons. The lowest BCUT2D eigenvalue weighted by molar-refractivity contribution is -0.385. The first-order valence-electron chi connectivity index (χ1n) is 6.40. The quantitative estimate of drug-likeness (QED) is 0.664. The minimum absolute atomic E-state index is 0.0456. The third-order valence-electron chi connectivity index (χ3n) is 3.25. The molecule has 2 aromatic carbocycles. The summed E-state index contributed by atoms with van der Waals surface area (Å²) in [6.07, 6.45) is 0. The second-order valence-corrected chi connectivity index (χ2v) is 5.03. The summed E-state index contributed by atoms with van der Waals surface area (Å²) in [4.78, 5) is 10.5. The van der Waals surface area contributed by atoms with Gasteiger partial charge in [-0.2, -0.15) is 0 Å². The van der Waals surface area contributed by atoms with Crippen molar-refractivity contribution >= 4 is 17.3 Å². The summed E-state index contributed by atoms with van der Waals surface area (Å²) in [6, 6.07) is 10.7. The second kappa shape index (κ2) is 6.65. The first kappa shape index (κ1) is 15.4. The summed E-state index contributed by atoms with van der Waals surface area (Å²) in [6.45, 7) is 1.98. The Morgan fingerprint density at radius 3 is 2.67 bits per heavy atom. The monoisotopic (exact) mass is 308 g/mol. The van der Waals surface area contributed by atoms with E-state index < -0.39 is 4.92 Å². The first-order chi connectivity index (χ1) is 10.0. The SMILES string of the molecule is CC(NCc1c(Cl)cccc1[N+](=O)[O-])c1ccccc1F. The molecule has 0 radical (unpaired) electrons. The van der Waals surface area contributed by atoms with Crippen molar-refractivity contribution in [2.45, 2.75) is 19.5 Å². The Labute approximate surface area is 126 Å². The summed E-state index contributed by atoms with van der Waals surface area (Å²) >= 11 is 6.02. The molecule has 0 amide bonds. The van der Waals surface area contributed by atoms with Gasteiger partial charge in [-0.3, -0.25) is 10.1 Å². The average Bonchev–Trinajstić information content (AvgIpc) is 2.45. The van der Waals surface area contributed by atoms with Crippen molar-refractivity contribution in [3.63, 3.8) is 0 Å². The van der Waals surface area contributed by atoms with Crippen LogP contribution in [0.25, 0.3) is 0 Å². The smallest absolute Gasteiger partial charge is 0.275 e. The fraction of sp³-hybridized carbons (Fsp3) is 0.200. The molecule has 0 aliphatic heterocycles. The standard InChI is InChI=1S/C15H14ClFN2O2/c1-10(11-5-2-3-7-14(11)17)18-9-12-13(16)6-4-8-15(12)19(20)21/h2-8,10,18H,9H2,1H3. The molecule has 0 spiro atoms. The van der Waals surface area contributed by atoms with Crippen LogP contribution in [0.4, 0.5) is 10.1 Å². The topological polar surface area (TPSA) is 55.2 Å². The fourth-order valence-electron chi connectivity index (χ4n) is 2.08. The summed E-state index contributed by atoms with van der Waals surface area (Å²) in [5.41, 5.74) is 0.857. The van der Waals surface area contributed by atoms with Crippen molar-refractivity contribution in [2.75, 3.05) is 0 Å². The molecular weight excluding hydrogens is 295 g/mol. The van der Waals surface area contributed by atoms with Gasteiger partial charge in [-0.25, -0.2) is 4.39 Å². The van der Waals surface area contributed by atoms with Crippen LogP contribution in [-0.2, 0) is 6.54 Å². The van der Waals surface area contributed by atoms with E-state index in [-0.39, 0.29) is 24.1 Å². The van der Waals surface area contributed by atoms with Crippen molar-refractivity contribution < 1.29 is 9.31 Å². The zero-order valence-corrected chi connectivity index (χ0v) is 12.1. The lowest BCUT2D eigenvalue weighted by atomic mass is 10.1. The summed E-state index contributed by atoms with van der Waals surface area (Å²) < 4.78 is 13.7. The van der Waals surface area contributed by atoms with Crippen LogP contribution >= 0.6 is 11.6 Å². The van der Waals surface area contributed by atoms with Crippen molar-refractivity contribution in [1.29, 1.82) is 0 Å². The number of nitrogens with one attached hydrogen (secondary N) is 1. The Hall–Kier alpha value is -1.98. The maximum absolute atomic E-state index is 13.7. The van der Waals surface area contributed by atoms with E-state index >= 15 is 0 Å². The number of nitro benzene ring substituents is 1. The Kier molecular flexibility index (Phi) is 4.88. The van der Waals surface area contributed by atoms with Crippen LogP contribution in [0.5, 0.6) is 0 Å². The van der Waals surface area contributed by atoms with Gasteiger partial charge in [-0.1, -0.05) is 35.9 Å². The van der Waals surface area contributed by atoms with Gasteiger partial charge in [-0.05, 0) is 19.1 Å². The number of nitro groups is 1. The van der Waals surface area contributed by atoms with E-state index in [0.717, 1.165) is 0 Å². The molecule has 21 heavy (non-hydrogen) atoms. The number of hydrogen-bond donors (Lipinski definition) is 1. The number of halogens is 2. The Bertz CT molecular complexity index is 664. The van der Waals surface area contributed by atoms with Crippen molar-refractivity contribution in [3.05, 3.63) is 74.5 Å². The number of hydrogen-bond acceptors (Lipinski definition) is 3. The normalized spacial score (nSPS) is 12.1. The summed E-state index contributed by atoms with van der Waals surface area (Å²) in [5, 5.41) is 14.4. The first-order valence-corrected chi connectivity index (χ1v) is 6.78. The van der Waals surface area contributed by atoms with E-state index in [2.05, 4.69) is 5.32 Å². The van der Waals surface area contributed by atoms with E-state index in [1.54, 1.807) is 31.2 Å². The van der Waals surface area contributed by atoms with Gasteiger partial charge in [0.15, 0.2) is 0 Å². The number of nitrogens with zero attached hydrogens (tertiary/aromatic N) is 1. The molecule has 2 rings (SSSR count). The minimum atomic E-state index is -0.476. The van der Waals surface area contributed by atoms with E-state index in [1.165, 1.54) is 18.2 Å². The molecule has 1 unspecified atom stereocenters. The maximum atomic E-state index is 13.7. The van der Waals surface area contributed by atoms with Crippen LogP contribution in [0.3, 0.4) is 0 Å². The van der Waals surface area contributed by atoms with E-state index in [1.807, 2.05) is 0 Å². The van der Waals surface area contributed by atoms with Gasteiger partial charge in [0.2, 0.25) is 0 Å². The molecule has 1 N–H and O–H groups in total. The molecule has 0 saturated heterocycles. The molecule has 0 aliphatic carbocycles. The van der Waals surface area contributed by atoms with Crippen LogP contribution < -0.4 is 5.32 Å². The highest BCUT2D eigenvalue weighted by Crippen LogP contribution is 2.27. The summed E-state index contributed by atoms with van der Waals surface area (Å²) in [5.74, 6) is -0.314. The average molecular weight is 309 g/mol. The largest absolute Gasteiger partial charge is 0.306 e. The minimum Gasteiger partial charge on any atom is -0.306 e. The van der Waals surface area contributed by atoms with Crippen LogP contribution in [0.1, 0.15) is 24.1 Å². The van der Waals surface area contributed by atoms with Crippen molar-refractivity contribution in [3.8, 4) is 0 Å². The van der Waals surface area contributed by atoms with Crippen molar-refractivity contribution in [2.24, 2.45) is 0 Å². The maximum Gasteiger partial charge on any atom is 0.275 e. The molecule has 1 atom stereocenters. The Morgan fingerprint density at radius 1 is 1.29 bits per heavy atom. The molecule has 0 bridgehead atoms. The summed E-state index contributed by atoms with van der Waals surface area (Å²) in [7, 11) is 0. The van der Waals surface area contributed by atoms with E-state index in [4.69, 9.17) is 11.6 Å². The Morgan fingerprint density at radius 2 is 2.00 bits per heavy atom. The Balaban J connectivity index is 2.17. The third-order valence-corrected chi connectivity index (χ3v) is 3.60. The van der Waals surface area contributed by atoms with Crippen LogP contribution in [0.15, 0.2) is 42.5 Å². The third kappa shape index (κ3) is 3.56. The second-order valence-electron chi connectivity index (χ2n) is 4.62. The highest BCUT2D eigenvalue weighted by molar-refractivity contribution is 6.31. The zero-order valence-electron chi connectivity index (χ0n) is 11.3. The van der Waals surface area contributed by atoms with Gasteiger partial charge in [-0.15, -0.1) is 0 Å². The molecule has 0 aromatic heterocycles. The number of rotatable bonds is 5.